The van der Waals surface area contributed by atoms with Crippen molar-refractivity contribution in [2.75, 3.05) is 18.4 Å². The van der Waals surface area contributed by atoms with E-state index in [1.165, 1.54) is 11.1 Å². The Hall–Kier alpha value is -2.46. The number of pyridine rings is 2. The first kappa shape index (κ1) is 17.0. The summed E-state index contributed by atoms with van der Waals surface area (Å²) in [5.74, 6) is 0.968. The van der Waals surface area contributed by atoms with Gasteiger partial charge in [0.05, 0.1) is 17.4 Å². The topological polar surface area (TPSA) is 41.1 Å². The number of nitrogens with one attached hydrogen (secondary N) is 1. The van der Waals surface area contributed by atoms with Gasteiger partial charge in [0.2, 0.25) is 0 Å². The van der Waals surface area contributed by atoms with Gasteiger partial charge in [-0.1, -0.05) is 39.0 Å². The van der Waals surface area contributed by atoms with E-state index in [-0.39, 0.29) is 0 Å². The number of hydrogen-bond acceptors (Lipinski definition) is 4. The van der Waals surface area contributed by atoms with Crippen LogP contribution in [-0.2, 0) is 13.0 Å². The first-order valence-electron chi connectivity index (χ1n) is 9.29. The number of fused-ring (bicyclic) bond motifs is 2. The second-order valence-electron chi connectivity index (χ2n) is 8.36. The Bertz CT molecular complexity index is 927. The summed E-state index contributed by atoms with van der Waals surface area (Å²) < 4.78 is 0. The number of benzene rings is 1. The SMILES string of the molecule is CC(C)(C)CN1CCc2c(ccnc2Nc2cnc3ccccc3c2)C1. The molecule has 2 aromatic heterocycles. The lowest BCUT2D eigenvalue weighted by Gasteiger charge is -2.34. The Balaban J connectivity index is 1.57. The van der Waals surface area contributed by atoms with Crippen molar-refractivity contribution in [2.45, 2.75) is 33.7 Å². The Labute approximate surface area is 155 Å². The average Bonchev–Trinajstić information content (AvgIpc) is 2.60. The van der Waals surface area contributed by atoms with Crippen molar-refractivity contribution in [3.8, 4) is 0 Å². The van der Waals surface area contributed by atoms with E-state index in [1.54, 1.807) is 0 Å². The van der Waals surface area contributed by atoms with Crippen LogP contribution in [0.4, 0.5) is 11.5 Å². The fourth-order valence-corrected chi connectivity index (χ4v) is 3.74. The summed E-state index contributed by atoms with van der Waals surface area (Å²) in [5, 5.41) is 4.63. The van der Waals surface area contributed by atoms with E-state index in [2.05, 4.69) is 59.2 Å². The molecule has 3 heterocycles. The number of rotatable bonds is 3. The highest BCUT2D eigenvalue weighted by Gasteiger charge is 2.23. The van der Waals surface area contributed by atoms with E-state index in [9.17, 15) is 0 Å². The van der Waals surface area contributed by atoms with Crippen molar-refractivity contribution < 1.29 is 0 Å². The van der Waals surface area contributed by atoms with Crippen molar-refractivity contribution >= 4 is 22.4 Å². The molecule has 26 heavy (non-hydrogen) atoms. The Morgan fingerprint density at radius 1 is 1.12 bits per heavy atom. The predicted molar refractivity (Wildman–Crippen MR) is 108 cm³/mol. The number of anilines is 2. The van der Waals surface area contributed by atoms with Crippen LogP contribution in [-0.4, -0.2) is 28.0 Å². The first-order valence-corrected chi connectivity index (χ1v) is 9.29. The Kier molecular flexibility index (Phi) is 4.37. The van der Waals surface area contributed by atoms with Gasteiger partial charge < -0.3 is 5.32 Å². The molecule has 0 fully saturated rings. The second kappa shape index (κ2) is 6.69. The number of nitrogens with zero attached hydrogens (tertiary/aromatic N) is 3. The quantitative estimate of drug-likeness (QED) is 0.741. The second-order valence-corrected chi connectivity index (χ2v) is 8.36. The zero-order chi connectivity index (χ0) is 18.1. The molecule has 1 aliphatic heterocycles. The van der Waals surface area contributed by atoms with Crippen LogP contribution in [0, 0.1) is 5.41 Å². The van der Waals surface area contributed by atoms with E-state index in [0.29, 0.717) is 5.41 Å². The van der Waals surface area contributed by atoms with E-state index >= 15 is 0 Å². The van der Waals surface area contributed by atoms with Gasteiger partial charge in [0.1, 0.15) is 5.82 Å². The number of aromatic nitrogens is 2. The van der Waals surface area contributed by atoms with Crippen molar-refractivity contribution in [1.29, 1.82) is 0 Å². The van der Waals surface area contributed by atoms with Gasteiger partial charge in [-0.2, -0.15) is 0 Å². The Morgan fingerprint density at radius 3 is 2.81 bits per heavy atom. The number of para-hydroxylation sites is 1. The van der Waals surface area contributed by atoms with Gasteiger partial charge in [0.25, 0.3) is 0 Å². The predicted octanol–water partition coefficient (Wildman–Crippen LogP) is 4.78. The highest BCUT2D eigenvalue weighted by molar-refractivity contribution is 5.82. The molecular formula is C22H26N4. The lowest BCUT2D eigenvalue weighted by atomic mass is 9.93. The summed E-state index contributed by atoms with van der Waals surface area (Å²) in [4.78, 5) is 11.7. The molecule has 0 saturated heterocycles. The van der Waals surface area contributed by atoms with Crippen LogP contribution < -0.4 is 5.32 Å². The molecule has 0 radical (unpaired) electrons. The van der Waals surface area contributed by atoms with Crippen molar-refractivity contribution in [2.24, 2.45) is 5.41 Å². The molecule has 0 aliphatic carbocycles. The molecule has 0 unspecified atom stereocenters. The fourth-order valence-electron chi connectivity index (χ4n) is 3.74. The minimum atomic E-state index is 0.322. The summed E-state index contributed by atoms with van der Waals surface area (Å²) in [6.07, 6.45) is 4.83. The zero-order valence-electron chi connectivity index (χ0n) is 15.8. The van der Waals surface area contributed by atoms with E-state index in [4.69, 9.17) is 0 Å². The minimum absolute atomic E-state index is 0.322. The maximum Gasteiger partial charge on any atom is 0.133 e. The molecule has 0 spiro atoms. The molecule has 3 aromatic rings. The molecule has 1 N–H and O–H groups in total. The van der Waals surface area contributed by atoms with Crippen LogP contribution in [0.1, 0.15) is 31.9 Å². The van der Waals surface area contributed by atoms with E-state index in [0.717, 1.165) is 48.5 Å². The summed E-state index contributed by atoms with van der Waals surface area (Å²) in [5.41, 5.74) is 5.04. The monoisotopic (exact) mass is 346 g/mol. The minimum Gasteiger partial charge on any atom is -0.339 e. The smallest absolute Gasteiger partial charge is 0.133 e. The molecule has 1 aliphatic rings. The van der Waals surface area contributed by atoms with Crippen LogP contribution >= 0.6 is 0 Å². The maximum absolute atomic E-state index is 4.61. The van der Waals surface area contributed by atoms with Crippen LogP contribution in [0.3, 0.4) is 0 Å². The van der Waals surface area contributed by atoms with Crippen LogP contribution in [0.5, 0.6) is 0 Å². The average molecular weight is 346 g/mol. The van der Waals surface area contributed by atoms with E-state index in [1.807, 2.05) is 30.6 Å². The standard InChI is InChI=1S/C22H26N4/c1-22(2,3)15-26-11-9-19-17(14-26)8-10-23-21(19)25-18-12-16-6-4-5-7-20(16)24-13-18/h4-8,10,12-13H,9,11,14-15H2,1-3H3,(H,23,25). The van der Waals surface area contributed by atoms with E-state index < -0.39 is 0 Å². The van der Waals surface area contributed by atoms with Gasteiger partial charge in [-0.15, -0.1) is 0 Å². The largest absolute Gasteiger partial charge is 0.339 e. The third-order valence-corrected chi connectivity index (χ3v) is 4.78. The molecule has 1 aromatic carbocycles. The lowest BCUT2D eigenvalue weighted by Crippen LogP contribution is -2.37. The van der Waals surface area contributed by atoms with Gasteiger partial charge in [-0.3, -0.25) is 9.88 Å². The molecule has 4 rings (SSSR count). The molecule has 0 amide bonds. The summed E-state index contributed by atoms with van der Waals surface area (Å²) in [6, 6.07) is 12.5. The van der Waals surface area contributed by atoms with Crippen LogP contribution in [0.15, 0.2) is 48.8 Å². The molecule has 0 atom stereocenters. The Morgan fingerprint density at radius 2 is 1.96 bits per heavy atom. The highest BCUT2D eigenvalue weighted by Crippen LogP contribution is 2.29. The zero-order valence-corrected chi connectivity index (χ0v) is 15.8. The summed E-state index contributed by atoms with van der Waals surface area (Å²) in [6.45, 7) is 10.1. The molecule has 134 valence electrons. The molecule has 0 bridgehead atoms. The highest BCUT2D eigenvalue weighted by atomic mass is 15.1. The number of hydrogen-bond donors (Lipinski definition) is 1. The van der Waals surface area contributed by atoms with Crippen molar-refractivity contribution in [3.05, 3.63) is 59.9 Å². The molecule has 4 nitrogen and oxygen atoms in total. The van der Waals surface area contributed by atoms with Gasteiger partial charge in [0, 0.05) is 36.8 Å². The van der Waals surface area contributed by atoms with Crippen molar-refractivity contribution in [1.82, 2.24) is 14.9 Å². The fraction of sp³-hybridized carbons (Fsp3) is 0.364. The third kappa shape index (κ3) is 3.70. The van der Waals surface area contributed by atoms with Crippen LogP contribution in [0.2, 0.25) is 0 Å². The van der Waals surface area contributed by atoms with Gasteiger partial charge in [-0.05, 0) is 35.6 Å². The summed E-state index contributed by atoms with van der Waals surface area (Å²) >= 11 is 0. The normalized spacial score (nSPS) is 15.0. The van der Waals surface area contributed by atoms with Crippen LogP contribution in [0.25, 0.3) is 10.9 Å². The lowest BCUT2D eigenvalue weighted by molar-refractivity contribution is 0.177. The molecule has 4 heteroatoms. The third-order valence-electron chi connectivity index (χ3n) is 4.78. The van der Waals surface area contributed by atoms with Crippen molar-refractivity contribution in [3.63, 3.8) is 0 Å². The first-order chi connectivity index (χ1) is 12.5. The molecule has 0 saturated carbocycles. The summed E-state index contributed by atoms with van der Waals surface area (Å²) in [7, 11) is 0. The molecular weight excluding hydrogens is 320 g/mol. The van der Waals surface area contributed by atoms with Gasteiger partial charge in [0.15, 0.2) is 0 Å². The maximum atomic E-state index is 4.61. The van der Waals surface area contributed by atoms with Gasteiger partial charge >= 0.3 is 0 Å². The van der Waals surface area contributed by atoms with Gasteiger partial charge in [-0.25, -0.2) is 4.98 Å².